The van der Waals surface area contributed by atoms with Crippen molar-refractivity contribution in [3.63, 3.8) is 0 Å². The van der Waals surface area contributed by atoms with Gasteiger partial charge in [-0.2, -0.15) is 0 Å². The molecule has 3 rings (SSSR count). The smallest absolute Gasteiger partial charge is 0.241 e. The van der Waals surface area contributed by atoms with Crippen molar-refractivity contribution in [2.75, 3.05) is 27.2 Å². The van der Waals surface area contributed by atoms with Crippen LogP contribution in [0.2, 0.25) is 0 Å². The van der Waals surface area contributed by atoms with Gasteiger partial charge in [0.15, 0.2) is 0 Å². The van der Waals surface area contributed by atoms with Crippen molar-refractivity contribution in [1.82, 2.24) is 9.62 Å². The molecule has 0 atom stereocenters. The molecule has 3 aromatic rings. The Morgan fingerprint density at radius 3 is 2.32 bits per heavy atom. The Morgan fingerprint density at radius 1 is 0.929 bits per heavy atom. The predicted molar refractivity (Wildman–Crippen MR) is 113 cm³/mol. The van der Waals surface area contributed by atoms with E-state index in [0.29, 0.717) is 17.7 Å². The third kappa shape index (κ3) is 4.90. The van der Waals surface area contributed by atoms with Gasteiger partial charge < -0.3 is 9.64 Å². The quantitative estimate of drug-likeness (QED) is 0.559. The molecule has 0 bridgehead atoms. The van der Waals surface area contributed by atoms with E-state index >= 15 is 0 Å². The Bertz CT molecular complexity index is 1020. The van der Waals surface area contributed by atoms with E-state index in [2.05, 4.69) is 21.8 Å². The maximum absolute atomic E-state index is 12.8. The molecular weight excluding hydrogens is 372 g/mol. The number of nitrogens with zero attached hydrogens (tertiary/aromatic N) is 1. The first-order valence-electron chi connectivity index (χ1n) is 9.29. The highest BCUT2D eigenvalue weighted by Crippen LogP contribution is 2.30. The summed E-state index contributed by atoms with van der Waals surface area (Å²) in [5.41, 5.74) is 1.25. The number of rotatable bonds is 9. The van der Waals surface area contributed by atoms with E-state index in [-0.39, 0.29) is 4.90 Å². The first kappa shape index (κ1) is 20.3. The Hall–Kier alpha value is -2.41. The van der Waals surface area contributed by atoms with E-state index in [9.17, 15) is 8.42 Å². The Labute approximate surface area is 167 Å². The molecule has 1 N–H and O–H groups in total. The molecule has 0 unspecified atom stereocenters. The molecule has 0 aliphatic heterocycles. The highest BCUT2D eigenvalue weighted by atomic mass is 32.2. The molecule has 0 spiro atoms. The van der Waals surface area contributed by atoms with Crippen LogP contribution in [0.3, 0.4) is 0 Å². The zero-order chi connectivity index (χ0) is 20.0. The maximum atomic E-state index is 12.8. The van der Waals surface area contributed by atoms with Crippen LogP contribution in [0.1, 0.15) is 12.0 Å². The second-order valence-electron chi connectivity index (χ2n) is 6.79. The summed E-state index contributed by atoms with van der Waals surface area (Å²) in [5.74, 6) is 0.664. The SMILES string of the molecule is COc1ccc(S(=O)(=O)NCCCN(C)Cc2ccccc2)c2ccccc12. The number of nitrogens with one attached hydrogen (secondary N) is 1. The molecule has 148 valence electrons. The van der Waals surface area contributed by atoms with E-state index in [0.717, 1.165) is 24.9 Å². The summed E-state index contributed by atoms with van der Waals surface area (Å²) in [4.78, 5) is 2.47. The number of sulfonamides is 1. The minimum Gasteiger partial charge on any atom is -0.496 e. The van der Waals surface area contributed by atoms with Crippen molar-refractivity contribution in [2.45, 2.75) is 17.9 Å². The molecule has 3 aromatic carbocycles. The molecular formula is C22H26N2O3S. The number of methoxy groups -OCH3 is 1. The van der Waals surface area contributed by atoms with Crippen LogP contribution in [0.15, 0.2) is 71.6 Å². The van der Waals surface area contributed by atoms with Crippen molar-refractivity contribution < 1.29 is 13.2 Å². The average molecular weight is 399 g/mol. The molecule has 28 heavy (non-hydrogen) atoms. The Kier molecular flexibility index (Phi) is 6.67. The van der Waals surface area contributed by atoms with E-state index in [1.807, 2.05) is 43.4 Å². The predicted octanol–water partition coefficient (Wildman–Crippen LogP) is 3.65. The van der Waals surface area contributed by atoms with Crippen LogP contribution in [0.5, 0.6) is 5.75 Å². The van der Waals surface area contributed by atoms with Gasteiger partial charge in [-0.3, -0.25) is 0 Å². The van der Waals surface area contributed by atoms with Crippen molar-refractivity contribution in [2.24, 2.45) is 0 Å². The third-order valence-electron chi connectivity index (χ3n) is 4.66. The summed E-state index contributed by atoms with van der Waals surface area (Å²) in [6, 6.07) is 20.9. The van der Waals surface area contributed by atoms with Crippen molar-refractivity contribution in [3.05, 3.63) is 72.3 Å². The van der Waals surface area contributed by atoms with Crippen LogP contribution in [-0.4, -0.2) is 40.6 Å². The van der Waals surface area contributed by atoms with Gasteiger partial charge >= 0.3 is 0 Å². The minimum atomic E-state index is -3.59. The number of ether oxygens (including phenoxy) is 1. The average Bonchev–Trinajstić information content (AvgIpc) is 2.71. The normalized spacial score (nSPS) is 11.8. The van der Waals surface area contributed by atoms with Gasteiger partial charge in [0.1, 0.15) is 5.75 Å². The molecule has 0 aromatic heterocycles. The van der Waals surface area contributed by atoms with Crippen LogP contribution in [0.4, 0.5) is 0 Å². The van der Waals surface area contributed by atoms with Crippen molar-refractivity contribution >= 4 is 20.8 Å². The number of hydrogen-bond donors (Lipinski definition) is 1. The Balaban J connectivity index is 1.61. The fourth-order valence-corrected chi connectivity index (χ4v) is 4.55. The van der Waals surface area contributed by atoms with Crippen molar-refractivity contribution in [3.8, 4) is 5.75 Å². The number of hydrogen-bond acceptors (Lipinski definition) is 4. The van der Waals surface area contributed by atoms with Crippen LogP contribution < -0.4 is 9.46 Å². The fraction of sp³-hybridized carbons (Fsp3) is 0.273. The second kappa shape index (κ2) is 9.19. The molecule has 0 radical (unpaired) electrons. The van der Waals surface area contributed by atoms with Gasteiger partial charge in [0.2, 0.25) is 10.0 Å². The maximum Gasteiger partial charge on any atom is 0.241 e. The number of benzene rings is 3. The highest BCUT2D eigenvalue weighted by Gasteiger charge is 2.18. The van der Waals surface area contributed by atoms with Gasteiger partial charge in [0.05, 0.1) is 12.0 Å². The molecule has 6 heteroatoms. The molecule has 0 aliphatic carbocycles. The highest BCUT2D eigenvalue weighted by molar-refractivity contribution is 7.89. The van der Waals surface area contributed by atoms with Gasteiger partial charge in [-0.1, -0.05) is 54.6 Å². The Morgan fingerprint density at radius 2 is 1.61 bits per heavy atom. The standard InChI is InChI=1S/C22H26N2O3S/c1-24(17-18-9-4-3-5-10-18)16-8-15-23-28(25,26)22-14-13-21(27-2)19-11-6-7-12-20(19)22/h3-7,9-14,23H,8,15-17H2,1-2H3. The molecule has 0 fully saturated rings. The van der Waals surface area contributed by atoms with Crippen LogP contribution in [0, 0.1) is 0 Å². The summed E-state index contributed by atoms with van der Waals surface area (Å²) < 4.78 is 33.7. The van der Waals surface area contributed by atoms with Crippen LogP contribution >= 0.6 is 0 Å². The molecule has 0 saturated carbocycles. The summed E-state index contributed by atoms with van der Waals surface area (Å²) in [7, 11) is 0.0309. The van der Waals surface area contributed by atoms with Gasteiger partial charge in [-0.25, -0.2) is 13.1 Å². The van der Waals surface area contributed by atoms with E-state index in [1.54, 1.807) is 25.3 Å². The first-order chi connectivity index (χ1) is 13.5. The molecule has 5 nitrogen and oxygen atoms in total. The van der Waals surface area contributed by atoms with Crippen LogP contribution in [-0.2, 0) is 16.6 Å². The first-order valence-corrected chi connectivity index (χ1v) is 10.8. The van der Waals surface area contributed by atoms with E-state index < -0.39 is 10.0 Å². The van der Waals surface area contributed by atoms with Gasteiger partial charge in [-0.15, -0.1) is 0 Å². The van der Waals surface area contributed by atoms with Gasteiger partial charge in [0, 0.05) is 23.9 Å². The van der Waals surface area contributed by atoms with E-state index in [1.165, 1.54) is 5.56 Å². The zero-order valence-electron chi connectivity index (χ0n) is 16.3. The molecule has 0 amide bonds. The lowest BCUT2D eigenvalue weighted by atomic mass is 10.1. The van der Waals surface area contributed by atoms with Gasteiger partial charge in [0.25, 0.3) is 0 Å². The monoisotopic (exact) mass is 398 g/mol. The van der Waals surface area contributed by atoms with Gasteiger partial charge in [-0.05, 0) is 37.7 Å². The lowest BCUT2D eigenvalue weighted by Crippen LogP contribution is -2.28. The molecule has 0 aliphatic rings. The fourth-order valence-electron chi connectivity index (χ4n) is 3.26. The summed E-state index contributed by atoms with van der Waals surface area (Å²) in [6.07, 6.45) is 0.733. The second-order valence-corrected chi connectivity index (χ2v) is 8.52. The molecule has 0 heterocycles. The minimum absolute atomic E-state index is 0.279. The zero-order valence-corrected chi connectivity index (χ0v) is 17.1. The third-order valence-corrected chi connectivity index (χ3v) is 6.18. The molecule has 0 saturated heterocycles. The summed E-state index contributed by atoms with van der Waals surface area (Å²) in [6.45, 7) is 2.04. The lowest BCUT2D eigenvalue weighted by Gasteiger charge is -2.17. The van der Waals surface area contributed by atoms with Crippen LogP contribution in [0.25, 0.3) is 10.8 Å². The van der Waals surface area contributed by atoms with E-state index in [4.69, 9.17) is 4.74 Å². The largest absolute Gasteiger partial charge is 0.496 e. The number of fused-ring (bicyclic) bond motifs is 1. The summed E-state index contributed by atoms with van der Waals surface area (Å²) >= 11 is 0. The summed E-state index contributed by atoms with van der Waals surface area (Å²) in [5, 5.41) is 1.45. The van der Waals surface area contributed by atoms with Crippen molar-refractivity contribution in [1.29, 1.82) is 0 Å². The topological polar surface area (TPSA) is 58.6 Å². The lowest BCUT2D eigenvalue weighted by molar-refractivity contribution is 0.322.